The number of hydrogen-bond acceptors (Lipinski definition) is 4. The van der Waals surface area contributed by atoms with Crippen LogP contribution in [0.5, 0.6) is 0 Å². The van der Waals surface area contributed by atoms with Crippen LogP contribution in [0.15, 0.2) is 54.6 Å². The molecule has 0 fully saturated rings. The quantitative estimate of drug-likeness (QED) is 0.912. The average molecular weight is 310 g/mol. The number of hydrogen-bond donors (Lipinski definition) is 2. The van der Waals surface area contributed by atoms with Crippen LogP contribution in [0, 0.1) is 5.82 Å². The van der Waals surface area contributed by atoms with Gasteiger partial charge in [-0.05, 0) is 31.2 Å². The Balaban J connectivity index is 2.00. The van der Waals surface area contributed by atoms with Crippen LogP contribution >= 0.6 is 0 Å². The molecule has 0 saturated carbocycles. The average Bonchev–Trinajstić information content (AvgIpc) is 2.55. The molecule has 0 radical (unpaired) electrons. The Morgan fingerprint density at radius 3 is 2.78 bits per heavy atom. The van der Waals surface area contributed by atoms with Gasteiger partial charge in [-0.2, -0.15) is 0 Å². The zero-order chi connectivity index (χ0) is 16.4. The van der Waals surface area contributed by atoms with Crippen molar-refractivity contribution in [3.63, 3.8) is 0 Å². The molecule has 6 heteroatoms. The number of dihydropyridines is 1. The van der Waals surface area contributed by atoms with Crippen molar-refractivity contribution in [3.05, 3.63) is 77.4 Å². The number of pyridine rings is 2. The third kappa shape index (κ3) is 3.11. The second kappa shape index (κ2) is 6.00. The maximum Gasteiger partial charge on any atom is 0.250 e. The Bertz CT molecular complexity index is 812. The van der Waals surface area contributed by atoms with Gasteiger partial charge in [0, 0.05) is 35.8 Å². The highest BCUT2D eigenvalue weighted by molar-refractivity contribution is 5.92. The molecule has 0 saturated heterocycles. The van der Waals surface area contributed by atoms with E-state index >= 15 is 0 Å². The van der Waals surface area contributed by atoms with Gasteiger partial charge in [-0.25, -0.2) is 4.39 Å². The number of amides is 1. The molecule has 23 heavy (non-hydrogen) atoms. The highest BCUT2D eigenvalue weighted by Gasteiger charge is 2.22. The van der Waals surface area contributed by atoms with E-state index in [1.165, 1.54) is 24.5 Å². The first-order valence-corrected chi connectivity index (χ1v) is 7.07. The molecule has 1 aliphatic heterocycles. The predicted molar refractivity (Wildman–Crippen MR) is 84.6 cm³/mol. The molecule has 2 aromatic heterocycles. The van der Waals surface area contributed by atoms with Crippen LogP contribution in [0.25, 0.3) is 5.57 Å². The van der Waals surface area contributed by atoms with E-state index in [0.29, 0.717) is 17.0 Å². The lowest BCUT2D eigenvalue weighted by molar-refractivity contribution is 0.1000. The van der Waals surface area contributed by atoms with Crippen molar-refractivity contribution in [1.29, 1.82) is 0 Å². The fraction of sp³-hybridized carbons (Fsp3) is 0.118. The minimum absolute atomic E-state index is 0.223. The fourth-order valence-corrected chi connectivity index (χ4v) is 2.45. The summed E-state index contributed by atoms with van der Waals surface area (Å²) in [6, 6.07) is 6.05. The van der Waals surface area contributed by atoms with Gasteiger partial charge in [0.05, 0.1) is 17.0 Å². The van der Waals surface area contributed by atoms with Gasteiger partial charge >= 0.3 is 0 Å². The summed E-state index contributed by atoms with van der Waals surface area (Å²) in [5, 5.41) is 3.13. The number of nitrogens with one attached hydrogen (secondary N) is 1. The van der Waals surface area contributed by atoms with Crippen molar-refractivity contribution in [2.75, 3.05) is 0 Å². The molecule has 1 atom stereocenters. The Kier molecular flexibility index (Phi) is 3.89. The van der Waals surface area contributed by atoms with Crippen molar-refractivity contribution in [2.45, 2.75) is 12.8 Å². The smallest absolute Gasteiger partial charge is 0.250 e. The van der Waals surface area contributed by atoms with Gasteiger partial charge in [0.1, 0.15) is 5.82 Å². The number of aromatic nitrogens is 2. The van der Waals surface area contributed by atoms with Crippen LogP contribution in [-0.4, -0.2) is 15.9 Å². The maximum atomic E-state index is 13.5. The summed E-state index contributed by atoms with van der Waals surface area (Å²) in [6.45, 7) is 1.92. The molecular formula is C17H15FN4O. The second-order valence-corrected chi connectivity index (χ2v) is 5.27. The Morgan fingerprint density at radius 1 is 1.30 bits per heavy atom. The van der Waals surface area contributed by atoms with E-state index < -0.39 is 5.91 Å². The van der Waals surface area contributed by atoms with Crippen molar-refractivity contribution < 1.29 is 9.18 Å². The summed E-state index contributed by atoms with van der Waals surface area (Å²) in [7, 11) is 0. The van der Waals surface area contributed by atoms with E-state index in [2.05, 4.69) is 15.3 Å². The summed E-state index contributed by atoms with van der Waals surface area (Å²) < 4.78 is 13.5. The van der Waals surface area contributed by atoms with Crippen molar-refractivity contribution in [2.24, 2.45) is 5.73 Å². The minimum atomic E-state index is -0.529. The maximum absolute atomic E-state index is 13.5. The summed E-state index contributed by atoms with van der Waals surface area (Å²) in [5.74, 6) is -1.09. The number of halogens is 1. The molecule has 1 unspecified atom stereocenters. The number of nitrogens with two attached hydrogens (primary N) is 1. The largest absolute Gasteiger partial charge is 0.366 e. The first kappa shape index (κ1) is 14.9. The molecule has 5 nitrogen and oxygen atoms in total. The van der Waals surface area contributed by atoms with Gasteiger partial charge in [-0.3, -0.25) is 14.8 Å². The summed E-state index contributed by atoms with van der Waals surface area (Å²) in [4.78, 5) is 19.7. The fourth-order valence-electron chi connectivity index (χ4n) is 2.45. The summed E-state index contributed by atoms with van der Waals surface area (Å²) in [6.07, 6.45) is 6.65. The van der Waals surface area contributed by atoms with E-state index in [-0.39, 0.29) is 11.7 Å². The van der Waals surface area contributed by atoms with Crippen LogP contribution in [0.3, 0.4) is 0 Å². The number of primary amides is 1. The topological polar surface area (TPSA) is 80.9 Å². The zero-order valence-electron chi connectivity index (χ0n) is 12.5. The van der Waals surface area contributed by atoms with Crippen LogP contribution in [0.1, 0.15) is 34.6 Å². The number of carbonyl (C=O) groups is 1. The van der Waals surface area contributed by atoms with Gasteiger partial charge < -0.3 is 11.1 Å². The standard InChI is InChI=1S/C17H15FN4O/c1-10-6-13(16-7-12(18)4-5-20-16)14(9-21-10)15-3-2-11(8-22-15)17(19)23/h2-9,13,21H,1H3,(H2,19,23). The molecule has 0 aromatic carbocycles. The molecule has 1 amide bonds. The van der Waals surface area contributed by atoms with Gasteiger partial charge in [-0.1, -0.05) is 6.08 Å². The molecule has 0 aliphatic carbocycles. The van der Waals surface area contributed by atoms with Crippen LogP contribution in [0.2, 0.25) is 0 Å². The van der Waals surface area contributed by atoms with Gasteiger partial charge in [-0.15, -0.1) is 0 Å². The molecule has 0 spiro atoms. The summed E-state index contributed by atoms with van der Waals surface area (Å²) in [5.41, 5.74) is 8.61. The molecular weight excluding hydrogens is 295 g/mol. The van der Waals surface area contributed by atoms with Crippen LogP contribution in [0.4, 0.5) is 4.39 Å². The zero-order valence-corrected chi connectivity index (χ0v) is 12.5. The van der Waals surface area contributed by atoms with E-state index in [1.54, 1.807) is 12.1 Å². The van der Waals surface area contributed by atoms with Crippen molar-refractivity contribution in [3.8, 4) is 0 Å². The summed E-state index contributed by atoms with van der Waals surface area (Å²) >= 11 is 0. The Morgan fingerprint density at radius 2 is 2.13 bits per heavy atom. The first-order chi connectivity index (χ1) is 11.0. The molecule has 116 valence electrons. The van der Waals surface area contributed by atoms with Crippen LogP contribution in [-0.2, 0) is 0 Å². The molecule has 1 aliphatic rings. The normalized spacial score (nSPS) is 17.0. The number of rotatable bonds is 3. The lowest BCUT2D eigenvalue weighted by Gasteiger charge is -2.22. The van der Waals surface area contributed by atoms with Gasteiger partial charge in [0.15, 0.2) is 0 Å². The Hall–Kier alpha value is -3.02. The number of carbonyl (C=O) groups excluding carboxylic acids is 1. The highest BCUT2D eigenvalue weighted by atomic mass is 19.1. The molecule has 3 N–H and O–H groups in total. The molecule has 3 rings (SSSR count). The van der Waals surface area contributed by atoms with Crippen molar-refractivity contribution in [1.82, 2.24) is 15.3 Å². The molecule has 2 aromatic rings. The molecule has 0 bridgehead atoms. The lowest BCUT2D eigenvalue weighted by Crippen LogP contribution is -2.16. The van der Waals surface area contributed by atoms with E-state index in [9.17, 15) is 9.18 Å². The monoisotopic (exact) mass is 310 g/mol. The minimum Gasteiger partial charge on any atom is -0.366 e. The number of nitrogens with zero attached hydrogens (tertiary/aromatic N) is 2. The first-order valence-electron chi connectivity index (χ1n) is 7.07. The highest BCUT2D eigenvalue weighted by Crippen LogP contribution is 2.34. The third-order valence-corrected chi connectivity index (χ3v) is 3.61. The third-order valence-electron chi connectivity index (χ3n) is 3.61. The number of allylic oxidation sites excluding steroid dienone is 3. The second-order valence-electron chi connectivity index (χ2n) is 5.27. The van der Waals surface area contributed by atoms with Gasteiger partial charge in [0.2, 0.25) is 5.91 Å². The van der Waals surface area contributed by atoms with E-state index in [1.807, 2.05) is 19.2 Å². The SMILES string of the molecule is CC1=CC(c2cc(F)ccn2)C(c2ccc(C(N)=O)cn2)=CN1. The van der Waals surface area contributed by atoms with E-state index in [4.69, 9.17) is 5.73 Å². The predicted octanol–water partition coefficient (Wildman–Crippen LogP) is 2.35. The van der Waals surface area contributed by atoms with Gasteiger partial charge in [0.25, 0.3) is 0 Å². The Labute approximate surface area is 132 Å². The van der Waals surface area contributed by atoms with Crippen LogP contribution < -0.4 is 11.1 Å². The van der Waals surface area contributed by atoms with E-state index in [0.717, 1.165) is 11.3 Å². The molecule has 3 heterocycles. The van der Waals surface area contributed by atoms with Crippen molar-refractivity contribution >= 4 is 11.5 Å². The lowest BCUT2D eigenvalue weighted by atomic mass is 9.90.